The molecule has 0 aliphatic rings. The van der Waals surface area contributed by atoms with E-state index in [0.717, 1.165) is 32.7 Å². The van der Waals surface area contributed by atoms with Crippen LogP contribution in [-0.4, -0.2) is 58.5 Å². The summed E-state index contributed by atoms with van der Waals surface area (Å²) in [6.07, 6.45) is 2.28. The van der Waals surface area contributed by atoms with Gasteiger partial charge in [-0.15, -0.1) is 0 Å². The Kier molecular flexibility index (Phi) is 10.8. The highest BCUT2D eigenvalue weighted by atomic mass is 16.5. The van der Waals surface area contributed by atoms with Gasteiger partial charge in [-0.2, -0.15) is 0 Å². The van der Waals surface area contributed by atoms with Gasteiger partial charge in [-0.25, -0.2) is 0 Å². The molecule has 86 valence electrons. The quantitative estimate of drug-likeness (QED) is 0.521. The molecule has 2 N–H and O–H groups in total. The summed E-state index contributed by atoms with van der Waals surface area (Å²) in [5.41, 5.74) is 5.41. The highest BCUT2D eigenvalue weighted by Crippen LogP contribution is 1.91. The van der Waals surface area contributed by atoms with Gasteiger partial charge in [0.1, 0.15) is 0 Å². The molecule has 0 spiro atoms. The molecule has 0 aromatic rings. The Morgan fingerprint density at radius 1 is 1.07 bits per heavy atom. The SMILES string of the molecule is COCCOCCN(C)CCCCN. The van der Waals surface area contributed by atoms with Crippen molar-refractivity contribution in [2.75, 3.05) is 53.6 Å². The highest BCUT2D eigenvalue weighted by molar-refractivity contribution is 4.51. The van der Waals surface area contributed by atoms with Gasteiger partial charge in [0.25, 0.3) is 0 Å². The van der Waals surface area contributed by atoms with Crippen molar-refractivity contribution < 1.29 is 9.47 Å². The second kappa shape index (κ2) is 10.9. The zero-order valence-electron chi connectivity index (χ0n) is 9.50. The average molecular weight is 204 g/mol. The van der Waals surface area contributed by atoms with Crippen molar-refractivity contribution in [3.8, 4) is 0 Å². The minimum atomic E-state index is 0.677. The summed E-state index contributed by atoms with van der Waals surface area (Å²) in [4.78, 5) is 2.27. The predicted octanol–water partition coefficient (Wildman–Crippen LogP) is 0.320. The average Bonchev–Trinajstić information content (AvgIpc) is 2.18. The first kappa shape index (κ1) is 13.8. The second-order valence-corrected chi connectivity index (χ2v) is 3.40. The van der Waals surface area contributed by atoms with E-state index in [1.54, 1.807) is 7.11 Å². The van der Waals surface area contributed by atoms with Gasteiger partial charge in [-0.05, 0) is 33.0 Å². The molecule has 4 heteroatoms. The first-order valence-corrected chi connectivity index (χ1v) is 5.26. The summed E-state index contributed by atoms with van der Waals surface area (Å²) in [5.74, 6) is 0. The fourth-order valence-corrected chi connectivity index (χ4v) is 1.10. The number of unbranched alkanes of at least 4 members (excludes halogenated alkanes) is 1. The molecule has 14 heavy (non-hydrogen) atoms. The normalized spacial score (nSPS) is 11.1. The Bertz CT molecular complexity index is 112. The van der Waals surface area contributed by atoms with E-state index in [1.165, 1.54) is 6.42 Å². The number of likely N-dealkylation sites (N-methyl/N-ethyl adjacent to an activating group) is 1. The van der Waals surface area contributed by atoms with Crippen LogP contribution in [0.4, 0.5) is 0 Å². The Labute approximate surface area is 87.4 Å². The molecule has 0 saturated carbocycles. The fourth-order valence-electron chi connectivity index (χ4n) is 1.10. The molecule has 0 atom stereocenters. The summed E-state index contributed by atoms with van der Waals surface area (Å²) in [7, 11) is 3.79. The van der Waals surface area contributed by atoms with Gasteiger partial charge in [0.15, 0.2) is 0 Å². The van der Waals surface area contributed by atoms with Crippen molar-refractivity contribution in [3.63, 3.8) is 0 Å². The van der Waals surface area contributed by atoms with Gasteiger partial charge in [-0.3, -0.25) is 0 Å². The lowest BCUT2D eigenvalue weighted by Gasteiger charge is -2.15. The molecule has 0 bridgehead atoms. The minimum absolute atomic E-state index is 0.677. The number of ether oxygens (including phenoxy) is 2. The van der Waals surface area contributed by atoms with Crippen LogP contribution in [0.15, 0.2) is 0 Å². The van der Waals surface area contributed by atoms with E-state index >= 15 is 0 Å². The predicted molar refractivity (Wildman–Crippen MR) is 58.5 cm³/mol. The van der Waals surface area contributed by atoms with E-state index in [-0.39, 0.29) is 0 Å². The van der Waals surface area contributed by atoms with Gasteiger partial charge in [0.2, 0.25) is 0 Å². The molecule has 0 rings (SSSR count). The molecule has 0 unspecified atom stereocenters. The maximum absolute atomic E-state index is 5.41. The molecular weight excluding hydrogens is 180 g/mol. The molecule has 0 heterocycles. The van der Waals surface area contributed by atoms with Gasteiger partial charge in [0, 0.05) is 13.7 Å². The summed E-state index contributed by atoms with van der Waals surface area (Å²) in [5, 5.41) is 0. The van der Waals surface area contributed by atoms with Crippen LogP contribution in [0.1, 0.15) is 12.8 Å². The van der Waals surface area contributed by atoms with Crippen LogP contribution in [0.25, 0.3) is 0 Å². The maximum Gasteiger partial charge on any atom is 0.0700 e. The van der Waals surface area contributed by atoms with Crippen LogP contribution < -0.4 is 5.73 Å². The Morgan fingerprint density at radius 3 is 2.50 bits per heavy atom. The maximum atomic E-state index is 5.41. The van der Waals surface area contributed by atoms with E-state index < -0.39 is 0 Å². The van der Waals surface area contributed by atoms with Crippen LogP contribution in [0, 0.1) is 0 Å². The summed E-state index contributed by atoms with van der Waals surface area (Å²) >= 11 is 0. The molecule has 0 aliphatic carbocycles. The van der Waals surface area contributed by atoms with Crippen LogP contribution in [-0.2, 0) is 9.47 Å². The molecule has 0 amide bonds. The molecule has 0 aromatic heterocycles. The number of hydrogen-bond donors (Lipinski definition) is 1. The molecule has 0 saturated heterocycles. The molecule has 0 aliphatic heterocycles. The van der Waals surface area contributed by atoms with E-state index in [9.17, 15) is 0 Å². The van der Waals surface area contributed by atoms with E-state index in [2.05, 4.69) is 11.9 Å². The van der Waals surface area contributed by atoms with Crippen LogP contribution in [0.3, 0.4) is 0 Å². The van der Waals surface area contributed by atoms with Gasteiger partial charge >= 0.3 is 0 Å². The lowest BCUT2D eigenvalue weighted by molar-refractivity contribution is 0.0604. The van der Waals surface area contributed by atoms with Crippen molar-refractivity contribution in [1.29, 1.82) is 0 Å². The lowest BCUT2D eigenvalue weighted by atomic mass is 10.3. The fraction of sp³-hybridized carbons (Fsp3) is 1.00. The summed E-state index contributed by atoms with van der Waals surface area (Å²) in [6, 6.07) is 0. The third kappa shape index (κ3) is 9.92. The van der Waals surface area contributed by atoms with Gasteiger partial charge in [0.05, 0.1) is 19.8 Å². The van der Waals surface area contributed by atoms with Gasteiger partial charge in [-0.1, -0.05) is 0 Å². The highest BCUT2D eigenvalue weighted by Gasteiger charge is 1.97. The Hall–Kier alpha value is -0.160. The van der Waals surface area contributed by atoms with Gasteiger partial charge < -0.3 is 20.1 Å². The standard InChI is InChI=1S/C10H24N2O2/c1-12(6-4-3-5-11)7-8-14-10-9-13-2/h3-11H2,1-2H3. The zero-order valence-corrected chi connectivity index (χ0v) is 9.50. The largest absolute Gasteiger partial charge is 0.382 e. The number of nitrogens with zero attached hydrogens (tertiary/aromatic N) is 1. The number of rotatable bonds is 10. The molecular formula is C10H24N2O2. The van der Waals surface area contributed by atoms with E-state index in [1.807, 2.05) is 0 Å². The summed E-state index contributed by atoms with van der Waals surface area (Å²) in [6.45, 7) is 5.02. The smallest absolute Gasteiger partial charge is 0.0700 e. The minimum Gasteiger partial charge on any atom is -0.382 e. The number of hydrogen-bond acceptors (Lipinski definition) is 4. The zero-order chi connectivity index (χ0) is 10.6. The summed E-state index contributed by atoms with van der Waals surface area (Å²) < 4.78 is 10.2. The second-order valence-electron chi connectivity index (χ2n) is 3.40. The Balaban J connectivity index is 3.06. The Morgan fingerprint density at radius 2 is 1.86 bits per heavy atom. The van der Waals surface area contributed by atoms with Crippen LogP contribution in [0.2, 0.25) is 0 Å². The van der Waals surface area contributed by atoms with E-state index in [4.69, 9.17) is 15.2 Å². The monoisotopic (exact) mass is 204 g/mol. The van der Waals surface area contributed by atoms with Crippen LogP contribution in [0.5, 0.6) is 0 Å². The molecule has 0 radical (unpaired) electrons. The van der Waals surface area contributed by atoms with Crippen molar-refractivity contribution in [3.05, 3.63) is 0 Å². The number of methoxy groups -OCH3 is 1. The number of nitrogens with two attached hydrogens (primary N) is 1. The van der Waals surface area contributed by atoms with Crippen molar-refractivity contribution in [1.82, 2.24) is 4.90 Å². The van der Waals surface area contributed by atoms with Crippen LogP contribution >= 0.6 is 0 Å². The third-order valence-corrected chi connectivity index (χ3v) is 2.04. The topological polar surface area (TPSA) is 47.7 Å². The molecule has 4 nitrogen and oxygen atoms in total. The van der Waals surface area contributed by atoms with Crippen molar-refractivity contribution in [2.45, 2.75) is 12.8 Å². The van der Waals surface area contributed by atoms with E-state index in [0.29, 0.717) is 13.2 Å². The third-order valence-electron chi connectivity index (χ3n) is 2.04. The first-order valence-electron chi connectivity index (χ1n) is 5.26. The lowest BCUT2D eigenvalue weighted by Crippen LogP contribution is -2.25. The molecule has 0 fully saturated rings. The van der Waals surface area contributed by atoms with Crippen molar-refractivity contribution >= 4 is 0 Å². The molecule has 0 aromatic carbocycles. The first-order chi connectivity index (χ1) is 6.81. The van der Waals surface area contributed by atoms with Crippen molar-refractivity contribution in [2.24, 2.45) is 5.73 Å².